The molecule has 0 radical (unpaired) electrons. The van der Waals surface area contributed by atoms with Crippen LogP contribution in [0.5, 0.6) is 5.75 Å². The van der Waals surface area contributed by atoms with Crippen molar-refractivity contribution in [1.29, 1.82) is 0 Å². The highest BCUT2D eigenvalue weighted by Gasteiger charge is 2.44. The average molecular weight is 655 g/mol. The Hall–Kier alpha value is -3.08. The Morgan fingerprint density at radius 2 is 2.09 bits per heavy atom. The van der Waals surface area contributed by atoms with Gasteiger partial charge in [0, 0.05) is 42.7 Å². The fourth-order valence-corrected chi connectivity index (χ4v) is 9.18. The van der Waals surface area contributed by atoms with Crippen molar-refractivity contribution in [1.82, 2.24) is 10.0 Å². The van der Waals surface area contributed by atoms with Crippen LogP contribution in [-0.4, -0.2) is 61.4 Å². The number of anilines is 1. The molecule has 1 saturated carbocycles. The van der Waals surface area contributed by atoms with Gasteiger partial charge in [0.2, 0.25) is 0 Å². The van der Waals surface area contributed by atoms with Crippen LogP contribution in [0, 0.1) is 11.8 Å². The van der Waals surface area contributed by atoms with Crippen LogP contribution in [0.25, 0.3) is 0 Å². The molecular weight excluding hydrogens is 612 g/mol. The zero-order valence-corrected chi connectivity index (χ0v) is 27.6. The lowest BCUT2D eigenvalue weighted by Crippen LogP contribution is -2.49. The normalized spacial score (nSPS) is 30.4. The van der Waals surface area contributed by atoms with Gasteiger partial charge in [0.25, 0.3) is 5.91 Å². The number of hydrogen-bond acceptors (Lipinski definition) is 6. The number of benzene rings is 2. The number of carbonyl (C=O) groups is 2. The zero-order valence-electron chi connectivity index (χ0n) is 26.1. The summed E-state index contributed by atoms with van der Waals surface area (Å²) in [5.74, 6) is 0.915. The first kappa shape index (κ1) is 31.9. The maximum absolute atomic E-state index is 13.9. The van der Waals surface area contributed by atoms with Gasteiger partial charge in [0.1, 0.15) is 15.7 Å². The topological polar surface area (TPSA) is 109 Å². The SMILES string of the molecule is CCNC(=O)N[S@@]1(=O)=NC(=O)c2ccc3c(c2)N(C[C@@H]2CC[C@H]2[C@@H](OC)/C=C/CCC1)C[C@@]1(CCCc2cc(Cl)ccc21)CO3. The lowest BCUT2D eigenvalue weighted by atomic mass is 9.68. The predicted octanol–water partition coefficient (Wildman–Crippen LogP) is 6.05. The van der Waals surface area contributed by atoms with E-state index in [9.17, 15) is 13.8 Å². The van der Waals surface area contributed by atoms with E-state index in [1.807, 2.05) is 18.2 Å². The molecule has 11 heteroatoms. The second-order valence-corrected chi connectivity index (χ2v) is 15.3. The molecule has 1 fully saturated rings. The fraction of sp³-hybridized carbons (Fsp3) is 0.529. The van der Waals surface area contributed by atoms with Crippen molar-refractivity contribution < 1.29 is 23.3 Å². The molecule has 2 heterocycles. The number of nitrogens with one attached hydrogen (secondary N) is 2. The highest BCUT2D eigenvalue weighted by molar-refractivity contribution is 7.92. The molecule has 5 atom stereocenters. The lowest BCUT2D eigenvalue weighted by molar-refractivity contribution is 0.0132. The van der Waals surface area contributed by atoms with Gasteiger partial charge in [0.05, 0.1) is 24.2 Å². The molecule has 1 spiro atoms. The maximum atomic E-state index is 13.9. The number of hydrogen-bond donors (Lipinski definition) is 2. The summed E-state index contributed by atoms with van der Waals surface area (Å²) in [7, 11) is -1.61. The summed E-state index contributed by atoms with van der Waals surface area (Å²) < 4.78 is 33.1. The van der Waals surface area contributed by atoms with E-state index < -0.39 is 21.9 Å². The number of aryl methyl sites for hydroxylation is 1. The number of methoxy groups -OCH3 is 1. The standard InChI is InChI=1S/C34H43ClN4O5S/c1-3-36-33(41)38-45(42)17-6-4-5-9-30(43-2)27-13-10-25(27)20-39-21-34(16-7-8-23-18-26(35)12-14-28(23)34)22-44-31-15-11-24(19-29(31)39)32(40)37-45/h5,9,11-12,14-15,18-19,25,27,30H,3-4,6-8,10,13,16-17,20-22H2,1-2H3,(H2,36,37,38,40,41,42)/b9-5+/t25-,27+,30-,34-,45-/m0/s1. The van der Waals surface area contributed by atoms with Crippen molar-refractivity contribution in [3.05, 3.63) is 70.3 Å². The molecule has 2 aliphatic heterocycles. The highest BCUT2D eigenvalue weighted by Crippen LogP contribution is 2.47. The molecule has 2 N–H and O–H groups in total. The number of allylic oxidation sites excluding steroid dienone is 1. The summed E-state index contributed by atoms with van der Waals surface area (Å²) in [5.41, 5.74) is 3.46. The summed E-state index contributed by atoms with van der Waals surface area (Å²) in [6.45, 7) is 4.17. The molecule has 242 valence electrons. The van der Waals surface area contributed by atoms with Gasteiger partial charge in [-0.05, 0) is 105 Å². The van der Waals surface area contributed by atoms with Crippen molar-refractivity contribution in [2.24, 2.45) is 16.2 Å². The first-order valence-corrected chi connectivity index (χ1v) is 18.1. The molecule has 4 aliphatic rings. The second-order valence-electron chi connectivity index (χ2n) is 12.8. The van der Waals surface area contributed by atoms with Crippen LogP contribution in [0.1, 0.15) is 66.9 Å². The third kappa shape index (κ3) is 6.74. The Bertz CT molecular complexity index is 1600. The van der Waals surface area contributed by atoms with E-state index in [-0.39, 0.29) is 17.3 Å². The van der Waals surface area contributed by atoms with Crippen LogP contribution in [0.2, 0.25) is 5.02 Å². The van der Waals surface area contributed by atoms with Crippen LogP contribution in [0.3, 0.4) is 0 Å². The predicted molar refractivity (Wildman–Crippen MR) is 178 cm³/mol. The van der Waals surface area contributed by atoms with Crippen LogP contribution in [-0.2, 0) is 26.5 Å². The minimum Gasteiger partial charge on any atom is -0.490 e. The number of carbonyl (C=O) groups excluding carboxylic acids is 2. The van der Waals surface area contributed by atoms with Gasteiger partial charge in [0.15, 0.2) is 0 Å². The van der Waals surface area contributed by atoms with E-state index >= 15 is 0 Å². The number of nitrogens with zero attached hydrogens (tertiary/aromatic N) is 2. The highest BCUT2D eigenvalue weighted by atomic mass is 35.5. The van der Waals surface area contributed by atoms with Gasteiger partial charge >= 0.3 is 6.03 Å². The molecule has 0 unspecified atom stereocenters. The van der Waals surface area contributed by atoms with Crippen LogP contribution < -0.4 is 19.7 Å². The molecule has 2 bridgehead atoms. The van der Waals surface area contributed by atoms with Gasteiger partial charge in [-0.2, -0.15) is 0 Å². The summed E-state index contributed by atoms with van der Waals surface area (Å²) in [6, 6.07) is 11.0. The molecule has 0 saturated heterocycles. The Balaban J connectivity index is 1.43. The minimum atomic E-state index is -3.37. The van der Waals surface area contributed by atoms with Crippen LogP contribution in [0.4, 0.5) is 10.5 Å². The molecule has 3 amide bonds. The number of rotatable bonds is 3. The Labute approximate surface area is 271 Å². The van der Waals surface area contributed by atoms with Gasteiger partial charge in [-0.25, -0.2) is 9.00 Å². The number of ether oxygens (including phenoxy) is 2. The number of fused-ring (bicyclic) bond motifs is 4. The Morgan fingerprint density at radius 1 is 1.22 bits per heavy atom. The number of amides is 3. The third-order valence-electron chi connectivity index (χ3n) is 9.85. The molecule has 2 aromatic rings. The monoisotopic (exact) mass is 654 g/mol. The number of halogens is 1. The van der Waals surface area contributed by atoms with Gasteiger partial charge < -0.3 is 19.7 Å². The third-order valence-corrected chi connectivity index (χ3v) is 11.9. The van der Waals surface area contributed by atoms with Crippen molar-refractivity contribution in [2.75, 3.05) is 44.0 Å². The van der Waals surface area contributed by atoms with Crippen molar-refractivity contribution in [3.63, 3.8) is 0 Å². The molecule has 9 nitrogen and oxygen atoms in total. The molecule has 2 aromatic carbocycles. The molecule has 0 aromatic heterocycles. The van der Waals surface area contributed by atoms with Crippen molar-refractivity contribution >= 4 is 39.1 Å². The van der Waals surface area contributed by atoms with Gasteiger partial charge in [-0.3, -0.25) is 9.52 Å². The largest absolute Gasteiger partial charge is 0.490 e. The van der Waals surface area contributed by atoms with Crippen molar-refractivity contribution in [3.8, 4) is 5.75 Å². The summed E-state index contributed by atoms with van der Waals surface area (Å²) in [6.07, 6.45) is 10.5. The van der Waals surface area contributed by atoms with E-state index in [1.165, 1.54) is 11.1 Å². The average Bonchev–Trinajstić information content (AvgIpc) is 3.14. The second kappa shape index (κ2) is 13.3. The summed E-state index contributed by atoms with van der Waals surface area (Å²) in [5, 5.41) is 3.34. The van der Waals surface area contributed by atoms with Crippen LogP contribution in [0.15, 0.2) is 52.9 Å². The lowest BCUT2D eigenvalue weighted by Gasteiger charge is -2.46. The molecule has 2 aliphatic carbocycles. The molecular formula is C34H43ClN4O5S. The van der Waals surface area contributed by atoms with Gasteiger partial charge in [-0.15, -0.1) is 4.36 Å². The van der Waals surface area contributed by atoms with E-state index in [2.05, 4.69) is 43.6 Å². The quantitative estimate of drug-likeness (QED) is 0.390. The molecule has 45 heavy (non-hydrogen) atoms. The van der Waals surface area contributed by atoms with E-state index in [0.29, 0.717) is 49.1 Å². The first-order valence-electron chi connectivity index (χ1n) is 16.1. The summed E-state index contributed by atoms with van der Waals surface area (Å²) in [4.78, 5) is 28.4. The summed E-state index contributed by atoms with van der Waals surface area (Å²) >= 11 is 6.42. The molecule has 6 rings (SSSR count). The Kier molecular flexibility index (Phi) is 9.45. The Morgan fingerprint density at radius 3 is 2.87 bits per heavy atom. The fourth-order valence-electron chi connectivity index (χ4n) is 7.46. The van der Waals surface area contributed by atoms with Gasteiger partial charge in [-0.1, -0.05) is 29.8 Å². The first-order chi connectivity index (χ1) is 21.7. The van der Waals surface area contributed by atoms with Crippen LogP contribution >= 0.6 is 11.6 Å². The van der Waals surface area contributed by atoms with Crippen molar-refractivity contribution in [2.45, 2.75) is 63.4 Å². The minimum absolute atomic E-state index is 0.0266. The van der Waals surface area contributed by atoms with E-state index in [0.717, 1.165) is 55.9 Å². The zero-order chi connectivity index (χ0) is 31.6. The van der Waals surface area contributed by atoms with E-state index in [1.54, 1.807) is 20.1 Å². The maximum Gasteiger partial charge on any atom is 0.327 e. The van der Waals surface area contributed by atoms with E-state index in [4.69, 9.17) is 21.1 Å². The smallest absolute Gasteiger partial charge is 0.327 e. The number of urea groups is 1.